The van der Waals surface area contributed by atoms with Crippen LogP contribution in [0, 0.1) is 0 Å². The van der Waals surface area contributed by atoms with E-state index in [9.17, 15) is 19.2 Å². The van der Waals surface area contributed by atoms with Crippen molar-refractivity contribution in [3.05, 3.63) is 0 Å². The van der Waals surface area contributed by atoms with Crippen LogP contribution in [0.5, 0.6) is 0 Å². The van der Waals surface area contributed by atoms with Gasteiger partial charge in [-0.15, -0.1) is 0 Å². The predicted octanol–water partition coefficient (Wildman–Crippen LogP) is 5.14. The van der Waals surface area contributed by atoms with Gasteiger partial charge in [-0.25, -0.2) is 0 Å². The first-order valence-corrected chi connectivity index (χ1v) is 9.06. The molecular weight excluding hydrogens is 352 g/mol. The van der Waals surface area contributed by atoms with Crippen LogP contribution in [0.1, 0.15) is 105 Å². The monoisotopic (exact) mass is 388 g/mol. The molecule has 0 aromatic rings. The zero-order chi connectivity index (χ0) is 19.3. The van der Waals surface area contributed by atoms with Gasteiger partial charge in [0.05, 0.1) is 0 Å². The molecule has 0 fully saturated rings. The van der Waals surface area contributed by atoms with Crippen molar-refractivity contribution >= 4 is 25.1 Å². The molecule has 0 N–H and O–H groups in total. The van der Waals surface area contributed by atoms with Crippen LogP contribution in [0.4, 0.5) is 0 Å². The standard InChI is InChI=1S/4C5H9O.Ti/c4*1-2-3-4-5-6;/h4*2-4H2,1H3;/q4*-1;+4. The Bertz CT molecular complexity index is 186. The second-order valence-corrected chi connectivity index (χ2v) is 4.99. The maximum atomic E-state index is 9.44. The van der Waals surface area contributed by atoms with Gasteiger partial charge in [-0.1, -0.05) is 79.1 Å². The second kappa shape index (κ2) is 49.5. The summed E-state index contributed by atoms with van der Waals surface area (Å²) in [5.41, 5.74) is 0. The molecule has 0 aromatic carbocycles. The molecule has 0 bridgehead atoms. The minimum atomic E-state index is 0. The van der Waals surface area contributed by atoms with E-state index in [2.05, 4.69) is 27.7 Å². The van der Waals surface area contributed by atoms with Crippen molar-refractivity contribution in [2.24, 2.45) is 0 Å². The Morgan fingerprint density at radius 1 is 0.440 bits per heavy atom. The van der Waals surface area contributed by atoms with Crippen molar-refractivity contribution in [1.82, 2.24) is 0 Å². The van der Waals surface area contributed by atoms with Gasteiger partial charge in [-0.05, 0) is 0 Å². The fourth-order valence-corrected chi connectivity index (χ4v) is 0.996. The molecule has 0 amide bonds. The SMILES string of the molecule is CCCC[C-]=O.CCCC[C-]=O.CCCC[C-]=O.CCCC[C-]=O.[Ti+4]. The number of hydrogen-bond acceptors (Lipinski definition) is 4. The number of unbranched alkanes of at least 4 members (excludes halogenated alkanes) is 8. The fraction of sp³-hybridized carbons (Fsp3) is 0.800. The summed E-state index contributed by atoms with van der Waals surface area (Å²) >= 11 is 0. The van der Waals surface area contributed by atoms with Crippen LogP contribution in [0.25, 0.3) is 0 Å². The third kappa shape index (κ3) is 82.5. The molecule has 0 atom stereocenters. The van der Waals surface area contributed by atoms with E-state index in [4.69, 9.17) is 0 Å². The van der Waals surface area contributed by atoms with Crippen LogP contribution in [0.3, 0.4) is 0 Å². The molecular formula is C20H36O4Ti. The van der Waals surface area contributed by atoms with Gasteiger partial charge in [0.2, 0.25) is 0 Å². The second-order valence-electron chi connectivity index (χ2n) is 4.99. The van der Waals surface area contributed by atoms with E-state index in [1.54, 1.807) is 0 Å². The van der Waals surface area contributed by atoms with Crippen molar-refractivity contribution in [3.63, 3.8) is 0 Å². The first-order valence-electron chi connectivity index (χ1n) is 9.06. The van der Waals surface area contributed by atoms with Crippen molar-refractivity contribution in [1.29, 1.82) is 0 Å². The predicted molar refractivity (Wildman–Crippen MR) is 101 cm³/mol. The molecule has 0 aliphatic carbocycles. The van der Waals surface area contributed by atoms with Crippen molar-refractivity contribution in [2.75, 3.05) is 0 Å². The van der Waals surface area contributed by atoms with Crippen LogP contribution in [-0.2, 0) is 40.9 Å². The van der Waals surface area contributed by atoms with E-state index in [1.807, 2.05) is 25.1 Å². The summed E-state index contributed by atoms with van der Waals surface area (Å²) in [4.78, 5) is 37.8. The van der Waals surface area contributed by atoms with Gasteiger partial charge >= 0.3 is 21.7 Å². The number of rotatable bonds is 12. The topological polar surface area (TPSA) is 68.3 Å². The van der Waals surface area contributed by atoms with Crippen molar-refractivity contribution < 1.29 is 40.9 Å². The Morgan fingerprint density at radius 3 is 0.640 bits per heavy atom. The van der Waals surface area contributed by atoms with Gasteiger partial charge in [0.1, 0.15) is 0 Å². The van der Waals surface area contributed by atoms with Gasteiger partial charge in [-0.3, -0.25) is 25.1 Å². The first-order chi connectivity index (χ1) is 11.7. The fourth-order valence-electron chi connectivity index (χ4n) is 0.996. The molecule has 4 nitrogen and oxygen atoms in total. The number of hydrogen-bond donors (Lipinski definition) is 0. The zero-order valence-electron chi connectivity index (χ0n) is 16.6. The smallest absolute Gasteiger partial charge is 0.542 e. The molecule has 144 valence electrons. The van der Waals surface area contributed by atoms with E-state index in [-0.39, 0.29) is 21.7 Å². The van der Waals surface area contributed by atoms with Crippen LogP contribution < -0.4 is 0 Å². The Labute approximate surface area is 170 Å². The van der Waals surface area contributed by atoms with Gasteiger partial charge < -0.3 is 19.2 Å². The molecule has 0 rings (SSSR count). The zero-order valence-corrected chi connectivity index (χ0v) is 18.2. The Kier molecular flexibility index (Phi) is 70.3. The third-order valence-corrected chi connectivity index (χ3v) is 2.53. The average molecular weight is 388 g/mol. The summed E-state index contributed by atoms with van der Waals surface area (Å²) in [6.07, 6.45) is 18.0. The van der Waals surface area contributed by atoms with E-state index >= 15 is 0 Å². The van der Waals surface area contributed by atoms with Crippen LogP contribution in [0.15, 0.2) is 0 Å². The Hall–Kier alpha value is -0.606. The molecule has 0 aliphatic rings. The minimum absolute atomic E-state index is 0. The van der Waals surface area contributed by atoms with Crippen molar-refractivity contribution in [2.45, 2.75) is 105 Å². The maximum absolute atomic E-state index is 9.44. The summed E-state index contributed by atoms with van der Waals surface area (Å²) in [6, 6.07) is 0. The van der Waals surface area contributed by atoms with E-state index in [0.717, 1.165) is 51.4 Å². The molecule has 0 aromatic heterocycles. The van der Waals surface area contributed by atoms with Gasteiger partial charge in [0.15, 0.2) is 0 Å². The molecule has 0 saturated carbocycles. The number of carbonyl (C=O) groups excluding carboxylic acids is 4. The van der Waals surface area contributed by atoms with E-state index in [0.29, 0.717) is 25.7 Å². The molecule has 0 unspecified atom stereocenters. The van der Waals surface area contributed by atoms with Gasteiger partial charge in [0, 0.05) is 0 Å². The maximum Gasteiger partial charge on any atom is 4.00 e. The van der Waals surface area contributed by atoms with E-state index in [1.165, 1.54) is 0 Å². The van der Waals surface area contributed by atoms with Crippen LogP contribution >= 0.6 is 0 Å². The van der Waals surface area contributed by atoms with Gasteiger partial charge in [-0.2, -0.15) is 25.7 Å². The quantitative estimate of drug-likeness (QED) is 0.264. The van der Waals surface area contributed by atoms with Crippen LogP contribution in [-0.4, -0.2) is 25.1 Å². The van der Waals surface area contributed by atoms with Gasteiger partial charge in [0.25, 0.3) is 0 Å². The van der Waals surface area contributed by atoms with Crippen molar-refractivity contribution in [3.8, 4) is 0 Å². The molecule has 0 saturated heterocycles. The molecule has 0 aliphatic heterocycles. The first kappa shape index (κ1) is 35.5. The summed E-state index contributed by atoms with van der Waals surface area (Å²) in [7, 11) is 0. The van der Waals surface area contributed by atoms with Crippen LogP contribution in [0.2, 0.25) is 0 Å². The molecule has 25 heavy (non-hydrogen) atoms. The average Bonchev–Trinajstić information content (AvgIpc) is 2.62. The normalized spacial score (nSPS) is 7.84. The molecule has 0 radical (unpaired) electrons. The Morgan fingerprint density at radius 2 is 0.600 bits per heavy atom. The summed E-state index contributed by atoms with van der Waals surface area (Å²) in [6.45, 7) is 8.21. The minimum Gasteiger partial charge on any atom is -0.542 e. The summed E-state index contributed by atoms with van der Waals surface area (Å²) < 4.78 is 0. The Balaban J connectivity index is -0.0000000702. The molecule has 0 heterocycles. The molecule has 0 spiro atoms. The largest absolute Gasteiger partial charge is 4.00 e. The summed E-state index contributed by atoms with van der Waals surface area (Å²) in [5.74, 6) is 0. The third-order valence-electron chi connectivity index (χ3n) is 2.53. The molecule has 5 heteroatoms. The summed E-state index contributed by atoms with van der Waals surface area (Å²) in [5, 5.41) is 0. The van der Waals surface area contributed by atoms with E-state index < -0.39 is 0 Å².